The topological polar surface area (TPSA) is 88.0 Å². The average Bonchev–Trinajstić information content (AvgIpc) is 2.93. The number of nitrogens with zero attached hydrogens (tertiary/aromatic N) is 3. The number of anilines is 2. The Labute approximate surface area is 149 Å². The number of aromatic nitrogens is 3. The summed E-state index contributed by atoms with van der Waals surface area (Å²) in [5, 5.41) is 13.4. The fourth-order valence-corrected chi connectivity index (χ4v) is 3.51. The molecule has 0 spiro atoms. The minimum absolute atomic E-state index is 0.318. The number of benzene rings is 1. The van der Waals surface area contributed by atoms with Crippen LogP contribution >= 0.6 is 11.3 Å². The van der Waals surface area contributed by atoms with Crippen molar-refractivity contribution >= 4 is 28.9 Å². The van der Waals surface area contributed by atoms with Crippen molar-refractivity contribution in [3.8, 4) is 10.6 Å². The summed E-state index contributed by atoms with van der Waals surface area (Å²) >= 11 is 1.60. The van der Waals surface area contributed by atoms with E-state index < -0.39 is 5.97 Å². The maximum atomic E-state index is 11.2. The highest BCUT2D eigenvalue weighted by molar-refractivity contribution is 7.15. The molecule has 0 aliphatic carbocycles. The Morgan fingerprint density at radius 3 is 2.68 bits per heavy atom. The van der Waals surface area contributed by atoms with E-state index in [-0.39, 0.29) is 0 Å². The quantitative estimate of drug-likeness (QED) is 0.713. The third-order valence-electron chi connectivity index (χ3n) is 3.76. The number of carboxylic acids is 1. The fraction of sp³-hybridized carbons (Fsp3) is 0.222. The van der Waals surface area contributed by atoms with Crippen LogP contribution in [0.5, 0.6) is 0 Å². The Morgan fingerprint density at radius 1 is 1.24 bits per heavy atom. The lowest BCUT2D eigenvalue weighted by Crippen LogP contribution is -2.04. The van der Waals surface area contributed by atoms with Gasteiger partial charge in [0.05, 0.1) is 26.8 Å². The van der Waals surface area contributed by atoms with Gasteiger partial charge >= 0.3 is 5.97 Å². The summed E-state index contributed by atoms with van der Waals surface area (Å²) in [7, 11) is 0. The second-order valence-corrected chi connectivity index (χ2v) is 6.77. The molecular formula is C18H18N4O2S. The highest BCUT2D eigenvalue weighted by Crippen LogP contribution is 2.29. The summed E-state index contributed by atoms with van der Waals surface area (Å²) in [6, 6.07) is 7.00. The van der Waals surface area contributed by atoms with Crippen LogP contribution in [0.15, 0.2) is 30.5 Å². The van der Waals surface area contributed by atoms with Gasteiger partial charge in [-0.2, -0.15) is 0 Å². The predicted molar refractivity (Wildman–Crippen MR) is 98.7 cm³/mol. The summed E-state index contributed by atoms with van der Waals surface area (Å²) in [5.74, 6) is -0.453. The zero-order valence-electron chi connectivity index (χ0n) is 14.2. The van der Waals surface area contributed by atoms with Crippen LogP contribution in [-0.2, 0) is 6.42 Å². The predicted octanol–water partition coefficient (Wildman–Crippen LogP) is 4.22. The van der Waals surface area contributed by atoms with Crippen molar-refractivity contribution in [2.75, 3.05) is 5.32 Å². The number of hydrogen-bond acceptors (Lipinski definition) is 6. The van der Waals surface area contributed by atoms with Crippen LogP contribution in [0.4, 0.5) is 11.6 Å². The molecule has 0 unspecified atom stereocenters. The van der Waals surface area contributed by atoms with E-state index in [9.17, 15) is 9.90 Å². The first-order valence-corrected chi connectivity index (χ1v) is 8.70. The van der Waals surface area contributed by atoms with Crippen molar-refractivity contribution in [3.05, 3.63) is 52.3 Å². The molecule has 0 aliphatic heterocycles. The molecule has 0 aliphatic rings. The number of carbonyl (C=O) groups is 1. The van der Waals surface area contributed by atoms with Gasteiger partial charge in [-0.1, -0.05) is 6.92 Å². The van der Waals surface area contributed by atoms with E-state index in [0.717, 1.165) is 32.5 Å². The molecule has 7 heteroatoms. The molecule has 0 saturated carbocycles. The van der Waals surface area contributed by atoms with Gasteiger partial charge in [-0.3, -0.25) is 0 Å². The summed E-state index contributed by atoms with van der Waals surface area (Å²) in [6.45, 7) is 5.86. The number of aryl methyl sites for hydroxylation is 3. The fourth-order valence-electron chi connectivity index (χ4n) is 2.62. The second-order valence-electron chi connectivity index (χ2n) is 5.57. The minimum Gasteiger partial charge on any atom is -0.478 e. The Bertz CT molecular complexity index is 937. The molecule has 1 aromatic carbocycles. The van der Waals surface area contributed by atoms with Crippen molar-refractivity contribution < 1.29 is 9.90 Å². The van der Waals surface area contributed by atoms with Gasteiger partial charge in [-0.15, -0.1) is 11.3 Å². The largest absolute Gasteiger partial charge is 0.478 e. The van der Waals surface area contributed by atoms with E-state index in [1.54, 1.807) is 29.7 Å². The molecule has 0 atom stereocenters. The summed E-state index contributed by atoms with van der Waals surface area (Å²) in [4.78, 5) is 25.5. The van der Waals surface area contributed by atoms with E-state index in [4.69, 9.17) is 0 Å². The number of nitrogens with one attached hydrogen (secondary N) is 1. The first-order chi connectivity index (χ1) is 12.0. The van der Waals surface area contributed by atoms with Gasteiger partial charge in [0.25, 0.3) is 0 Å². The SMILES string of the molecule is CCc1cc(Nc2nccc(-c3sc(C)nc3C)n2)ccc1C(=O)O. The summed E-state index contributed by atoms with van der Waals surface area (Å²) in [5.41, 5.74) is 3.61. The Morgan fingerprint density at radius 2 is 2.04 bits per heavy atom. The molecule has 25 heavy (non-hydrogen) atoms. The van der Waals surface area contributed by atoms with E-state index in [1.807, 2.05) is 32.9 Å². The lowest BCUT2D eigenvalue weighted by molar-refractivity contribution is 0.0696. The zero-order chi connectivity index (χ0) is 18.0. The number of carboxylic acid groups (broad SMARTS) is 1. The third-order valence-corrected chi connectivity index (χ3v) is 4.86. The smallest absolute Gasteiger partial charge is 0.335 e. The second kappa shape index (κ2) is 6.98. The normalized spacial score (nSPS) is 10.7. The third kappa shape index (κ3) is 3.66. The van der Waals surface area contributed by atoms with E-state index in [2.05, 4.69) is 20.3 Å². The monoisotopic (exact) mass is 354 g/mol. The van der Waals surface area contributed by atoms with Gasteiger partial charge < -0.3 is 10.4 Å². The Hall–Kier alpha value is -2.80. The Balaban J connectivity index is 1.90. The molecule has 2 aromatic heterocycles. The maximum Gasteiger partial charge on any atom is 0.335 e. The van der Waals surface area contributed by atoms with Gasteiger partial charge in [0.15, 0.2) is 0 Å². The molecule has 2 N–H and O–H groups in total. The first-order valence-electron chi connectivity index (χ1n) is 7.88. The molecule has 3 aromatic rings. The van der Waals surface area contributed by atoms with E-state index in [0.29, 0.717) is 17.9 Å². The molecule has 0 bridgehead atoms. The molecule has 6 nitrogen and oxygen atoms in total. The van der Waals surface area contributed by atoms with Gasteiger partial charge in [0, 0.05) is 11.9 Å². The van der Waals surface area contributed by atoms with Crippen molar-refractivity contribution in [1.29, 1.82) is 0 Å². The van der Waals surface area contributed by atoms with Crippen LogP contribution in [-0.4, -0.2) is 26.0 Å². The molecule has 128 valence electrons. The van der Waals surface area contributed by atoms with Gasteiger partial charge in [-0.25, -0.2) is 19.7 Å². The average molecular weight is 354 g/mol. The van der Waals surface area contributed by atoms with Crippen LogP contribution < -0.4 is 5.32 Å². The Kier molecular flexibility index (Phi) is 4.76. The number of aromatic carboxylic acids is 1. The minimum atomic E-state index is -0.919. The zero-order valence-corrected chi connectivity index (χ0v) is 15.0. The number of rotatable bonds is 5. The molecule has 0 fully saturated rings. The highest BCUT2D eigenvalue weighted by Gasteiger charge is 2.12. The molecule has 0 amide bonds. The number of thiazole rings is 1. The van der Waals surface area contributed by atoms with Gasteiger partial charge in [-0.05, 0) is 50.1 Å². The van der Waals surface area contributed by atoms with Crippen LogP contribution in [0.1, 0.15) is 33.5 Å². The van der Waals surface area contributed by atoms with E-state index in [1.165, 1.54) is 0 Å². The van der Waals surface area contributed by atoms with Crippen LogP contribution in [0.2, 0.25) is 0 Å². The summed E-state index contributed by atoms with van der Waals surface area (Å²) in [6.07, 6.45) is 2.34. The molecular weight excluding hydrogens is 336 g/mol. The van der Waals surface area contributed by atoms with E-state index >= 15 is 0 Å². The van der Waals surface area contributed by atoms with Crippen molar-refractivity contribution in [3.63, 3.8) is 0 Å². The first kappa shape index (κ1) is 17.0. The van der Waals surface area contributed by atoms with Crippen LogP contribution in [0.3, 0.4) is 0 Å². The van der Waals surface area contributed by atoms with Crippen molar-refractivity contribution in [2.24, 2.45) is 0 Å². The standard InChI is InChI=1S/C18H18N4O2S/c1-4-12-9-13(5-6-14(12)17(23)24)21-18-19-8-7-15(22-18)16-10(2)20-11(3)25-16/h5-9H,4H2,1-3H3,(H,23,24)(H,19,21,22). The molecule has 0 saturated heterocycles. The lowest BCUT2D eigenvalue weighted by Gasteiger charge is -2.09. The van der Waals surface area contributed by atoms with Gasteiger partial charge in [0.2, 0.25) is 5.95 Å². The molecule has 0 radical (unpaired) electrons. The summed E-state index contributed by atoms with van der Waals surface area (Å²) < 4.78 is 0. The van der Waals surface area contributed by atoms with Gasteiger partial charge in [0.1, 0.15) is 0 Å². The van der Waals surface area contributed by atoms with Crippen molar-refractivity contribution in [2.45, 2.75) is 27.2 Å². The number of hydrogen-bond donors (Lipinski definition) is 2. The maximum absolute atomic E-state index is 11.2. The molecule has 3 rings (SSSR count). The highest BCUT2D eigenvalue weighted by atomic mass is 32.1. The molecule has 2 heterocycles. The lowest BCUT2D eigenvalue weighted by atomic mass is 10.0. The van der Waals surface area contributed by atoms with Crippen molar-refractivity contribution in [1.82, 2.24) is 15.0 Å². The van der Waals surface area contributed by atoms with Crippen LogP contribution in [0, 0.1) is 13.8 Å². The van der Waals surface area contributed by atoms with Crippen LogP contribution in [0.25, 0.3) is 10.6 Å².